The van der Waals surface area contributed by atoms with Gasteiger partial charge >= 0.3 is 0 Å². The Morgan fingerprint density at radius 1 is 1.00 bits per heavy atom. The monoisotopic (exact) mass is 290 g/mol. The maximum absolute atomic E-state index is 11.9. The van der Waals surface area contributed by atoms with Gasteiger partial charge in [0.1, 0.15) is 0 Å². The van der Waals surface area contributed by atoms with Crippen molar-refractivity contribution in [1.82, 2.24) is 0 Å². The molecule has 0 aromatic heterocycles. The fourth-order valence-corrected chi connectivity index (χ4v) is 2.01. The molecule has 1 aromatic rings. The highest BCUT2D eigenvalue weighted by atomic mass is 16.2. The summed E-state index contributed by atoms with van der Waals surface area (Å²) in [5.41, 5.74) is 2.47. The molecule has 0 heterocycles. The summed E-state index contributed by atoms with van der Waals surface area (Å²) in [6.07, 6.45) is 5.34. The Morgan fingerprint density at radius 2 is 1.76 bits per heavy atom. The van der Waals surface area contributed by atoms with Gasteiger partial charge in [0.05, 0.1) is 0 Å². The SMILES string of the molecule is CCCCCCC(=O)Nc1ccc(C)c(NC(=O)CC)c1. The molecule has 116 valence electrons. The molecule has 0 spiro atoms. The molecule has 0 aliphatic carbocycles. The van der Waals surface area contributed by atoms with Crippen LogP contribution in [0.25, 0.3) is 0 Å². The molecule has 0 fully saturated rings. The van der Waals surface area contributed by atoms with E-state index in [1.54, 1.807) is 0 Å². The Hall–Kier alpha value is -1.84. The van der Waals surface area contributed by atoms with Crippen molar-refractivity contribution in [2.24, 2.45) is 0 Å². The summed E-state index contributed by atoms with van der Waals surface area (Å²) in [5.74, 6) is 0.00358. The van der Waals surface area contributed by atoms with Gasteiger partial charge in [0.25, 0.3) is 0 Å². The van der Waals surface area contributed by atoms with Crippen LogP contribution in [-0.2, 0) is 9.59 Å². The van der Waals surface area contributed by atoms with Crippen molar-refractivity contribution in [2.45, 2.75) is 59.3 Å². The Bertz CT molecular complexity index is 484. The quantitative estimate of drug-likeness (QED) is 0.703. The lowest BCUT2D eigenvalue weighted by molar-refractivity contribution is -0.116. The maximum atomic E-state index is 11.9. The van der Waals surface area contributed by atoms with Gasteiger partial charge in [0.15, 0.2) is 0 Å². The smallest absolute Gasteiger partial charge is 0.224 e. The predicted octanol–water partition coefficient (Wildman–Crippen LogP) is 4.25. The minimum atomic E-state index is -0.0267. The van der Waals surface area contributed by atoms with Gasteiger partial charge < -0.3 is 10.6 Å². The number of hydrogen-bond donors (Lipinski definition) is 2. The Kier molecular flexibility index (Phi) is 7.51. The Morgan fingerprint density at radius 3 is 2.43 bits per heavy atom. The van der Waals surface area contributed by atoms with Crippen LogP contribution in [0.4, 0.5) is 11.4 Å². The van der Waals surface area contributed by atoms with E-state index in [1.165, 1.54) is 12.8 Å². The van der Waals surface area contributed by atoms with Gasteiger partial charge in [-0.3, -0.25) is 9.59 Å². The van der Waals surface area contributed by atoms with Crippen molar-refractivity contribution < 1.29 is 9.59 Å². The first-order valence-electron chi connectivity index (χ1n) is 7.77. The van der Waals surface area contributed by atoms with Crippen LogP contribution in [0.2, 0.25) is 0 Å². The van der Waals surface area contributed by atoms with Gasteiger partial charge in [-0.15, -0.1) is 0 Å². The number of benzene rings is 1. The molecule has 0 unspecified atom stereocenters. The number of nitrogens with one attached hydrogen (secondary N) is 2. The van der Waals surface area contributed by atoms with Crippen molar-refractivity contribution in [3.8, 4) is 0 Å². The van der Waals surface area contributed by atoms with E-state index in [9.17, 15) is 9.59 Å². The molecule has 2 amide bonds. The van der Waals surface area contributed by atoms with E-state index in [1.807, 2.05) is 32.0 Å². The fourth-order valence-electron chi connectivity index (χ4n) is 2.01. The molecule has 2 N–H and O–H groups in total. The average molecular weight is 290 g/mol. The first-order valence-corrected chi connectivity index (χ1v) is 7.77. The second kappa shape index (κ2) is 9.16. The molecule has 0 aliphatic heterocycles. The zero-order chi connectivity index (χ0) is 15.7. The van der Waals surface area contributed by atoms with Gasteiger partial charge in [-0.2, -0.15) is 0 Å². The second-order valence-electron chi connectivity index (χ2n) is 5.29. The van der Waals surface area contributed by atoms with Crippen LogP contribution in [0.5, 0.6) is 0 Å². The van der Waals surface area contributed by atoms with E-state index in [0.29, 0.717) is 12.8 Å². The Labute approximate surface area is 127 Å². The molecule has 1 rings (SSSR count). The molecule has 4 nitrogen and oxygen atoms in total. The van der Waals surface area contributed by atoms with Crippen LogP contribution in [0.3, 0.4) is 0 Å². The van der Waals surface area contributed by atoms with Crippen molar-refractivity contribution in [2.75, 3.05) is 10.6 Å². The predicted molar refractivity (Wildman–Crippen MR) is 87.5 cm³/mol. The lowest BCUT2D eigenvalue weighted by Gasteiger charge is -2.11. The van der Waals surface area contributed by atoms with Gasteiger partial charge in [0.2, 0.25) is 11.8 Å². The summed E-state index contributed by atoms with van der Waals surface area (Å²) < 4.78 is 0. The maximum Gasteiger partial charge on any atom is 0.224 e. The number of rotatable bonds is 8. The molecular weight excluding hydrogens is 264 g/mol. The molecule has 0 atom stereocenters. The molecule has 0 saturated heterocycles. The molecule has 0 saturated carbocycles. The molecule has 21 heavy (non-hydrogen) atoms. The summed E-state index contributed by atoms with van der Waals surface area (Å²) in [6.45, 7) is 5.90. The highest BCUT2D eigenvalue weighted by Crippen LogP contribution is 2.21. The number of anilines is 2. The molecular formula is C17H26N2O2. The first-order chi connectivity index (χ1) is 10.1. The summed E-state index contributed by atoms with van der Waals surface area (Å²) in [4.78, 5) is 23.3. The topological polar surface area (TPSA) is 58.2 Å². The van der Waals surface area contributed by atoms with Gasteiger partial charge in [-0.25, -0.2) is 0 Å². The third kappa shape index (κ3) is 6.43. The number of carbonyl (C=O) groups is 2. The minimum Gasteiger partial charge on any atom is -0.326 e. The highest BCUT2D eigenvalue weighted by Gasteiger charge is 2.06. The fraction of sp³-hybridized carbons (Fsp3) is 0.529. The normalized spacial score (nSPS) is 10.2. The number of carbonyl (C=O) groups excluding carboxylic acids is 2. The summed E-state index contributed by atoms with van der Waals surface area (Å²) in [6, 6.07) is 5.58. The van der Waals surface area contributed by atoms with Gasteiger partial charge in [-0.1, -0.05) is 39.2 Å². The van der Waals surface area contributed by atoms with Crippen LogP contribution in [-0.4, -0.2) is 11.8 Å². The van der Waals surface area contributed by atoms with Crippen molar-refractivity contribution >= 4 is 23.2 Å². The number of amides is 2. The van der Waals surface area contributed by atoms with Crippen LogP contribution in [0.1, 0.15) is 57.9 Å². The second-order valence-corrected chi connectivity index (χ2v) is 5.29. The van der Waals surface area contributed by atoms with Crippen molar-refractivity contribution in [3.05, 3.63) is 23.8 Å². The number of unbranched alkanes of at least 4 members (excludes halogenated alkanes) is 3. The van der Waals surface area contributed by atoms with Gasteiger partial charge in [0, 0.05) is 24.2 Å². The van der Waals surface area contributed by atoms with Crippen LogP contribution in [0, 0.1) is 6.92 Å². The van der Waals surface area contributed by atoms with Gasteiger partial charge in [-0.05, 0) is 31.0 Å². The van der Waals surface area contributed by atoms with E-state index in [2.05, 4.69) is 17.6 Å². The first kappa shape index (κ1) is 17.2. The standard InChI is InChI=1S/C17H26N2O2/c1-4-6-7-8-9-17(21)18-14-11-10-13(3)15(12-14)19-16(20)5-2/h10-12H,4-9H2,1-3H3,(H,18,21)(H,19,20). The van der Waals surface area contributed by atoms with E-state index >= 15 is 0 Å². The molecule has 0 aliphatic rings. The molecule has 0 radical (unpaired) electrons. The van der Waals surface area contributed by atoms with Crippen molar-refractivity contribution in [1.29, 1.82) is 0 Å². The summed E-state index contributed by atoms with van der Waals surface area (Å²) >= 11 is 0. The summed E-state index contributed by atoms with van der Waals surface area (Å²) in [7, 11) is 0. The third-order valence-corrected chi connectivity index (χ3v) is 3.37. The minimum absolute atomic E-state index is 0.0267. The van der Waals surface area contributed by atoms with E-state index in [0.717, 1.165) is 29.8 Å². The van der Waals surface area contributed by atoms with E-state index < -0.39 is 0 Å². The largest absolute Gasteiger partial charge is 0.326 e. The van der Waals surface area contributed by atoms with E-state index in [-0.39, 0.29) is 11.8 Å². The molecule has 1 aromatic carbocycles. The van der Waals surface area contributed by atoms with Crippen LogP contribution in [0.15, 0.2) is 18.2 Å². The third-order valence-electron chi connectivity index (χ3n) is 3.37. The molecule has 0 bridgehead atoms. The average Bonchev–Trinajstić information content (AvgIpc) is 2.47. The van der Waals surface area contributed by atoms with Crippen LogP contribution < -0.4 is 10.6 Å². The zero-order valence-corrected chi connectivity index (χ0v) is 13.3. The number of aryl methyl sites for hydroxylation is 1. The Balaban J connectivity index is 2.57. The van der Waals surface area contributed by atoms with E-state index in [4.69, 9.17) is 0 Å². The van der Waals surface area contributed by atoms with Crippen LogP contribution >= 0.6 is 0 Å². The molecule has 4 heteroatoms. The van der Waals surface area contributed by atoms with Crippen molar-refractivity contribution in [3.63, 3.8) is 0 Å². The lowest BCUT2D eigenvalue weighted by Crippen LogP contribution is -2.13. The number of hydrogen-bond acceptors (Lipinski definition) is 2. The lowest BCUT2D eigenvalue weighted by atomic mass is 10.1. The highest BCUT2D eigenvalue weighted by molar-refractivity contribution is 5.94. The zero-order valence-electron chi connectivity index (χ0n) is 13.3. The summed E-state index contributed by atoms with van der Waals surface area (Å²) in [5, 5.41) is 5.73.